The number of aromatic nitrogens is 2. The molecule has 0 saturated heterocycles. The van der Waals surface area contributed by atoms with Crippen LogP contribution in [0.1, 0.15) is 28.8 Å². The van der Waals surface area contributed by atoms with Crippen molar-refractivity contribution in [2.24, 2.45) is 0 Å². The Morgan fingerprint density at radius 2 is 2.15 bits per heavy atom. The number of hydrogen-bond acceptors (Lipinski definition) is 6. The van der Waals surface area contributed by atoms with Gasteiger partial charge in [-0.25, -0.2) is 9.97 Å². The van der Waals surface area contributed by atoms with Crippen LogP contribution in [0.25, 0.3) is 10.2 Å². The number of hydrogen-bond donors (Lipinski definition) is 2. The van der Waals surface area contributed by atoms with Crippen LogP contribution in [-0.4, -0.2) is 21.6 Å². The third kappa shape index (κ3) is 4.07. The summed E-state index contributed by atoms with van der Waals surface area (Å²) >= 11 is 5.30. The van der Waals surface area contributed by atoms with Crippen molar-refractivity contribution in [1.29, 1.82) is 0 Å². The number of nitrogens with one attached hydrogen (secondary N) is 1. The number of nitrogen functional groups attached to an aromatic ring is 1. The van der Waals surface area contributed by atoms with Gasteiger partial charge in [0.15, 0.2) is 5.16 Å². The first kappa shape index (κ1) is 18.9. The van der Waals surface area contributed by atoms with E-state index in [2.05, 4.69) is 37.9 Å². The Morgan fingerprint density at radius 3 is 2.96 bits per heavy atom. The lowest BCUT2D eigenvalue weighted by molar-refractivity contribution is -0.113. The van der Waals surface area contributed by atoms with Crippen LogP contribution >= 0.6 is 45.7 Å². The standard InChI is InChI=1S/C19H19IN4OS2/c1-10-8-11(20)6-7-13(10)22-15(25)9-26-19-23-17(21)16-12-4-2-3-5-14(12)27-18(16)24-19/h6-8H,2-5,9H2,1H3,(H,22,25)(H2,21,23,24). The first-order valence-corrected chi connectivity index (χ1v) is 11.7. The Kier molecular flexibility index (Phi) is 5.56. The van der Waals surface area contributed by atoms with Crippen molar-refractivity contribution in [3.05, 3.63) is 37.8 Å². The van der Waals surface area contributed by atoms with Gasteiger partial charge in [-0.15, -0.1) is 11.3 Å². The molecule has 0 atom stereocenters. The first-order valence-electron chi connectivity index (χ1n) is 8.78. The van der Waals surface area contributed by atoms with Gasteiger partial charge >= 0.3 is 0 Å². The monoisotopic (exact) mass is 510 g/mol. The highest BCUT2D eigenvalue weighted by molar-refractivity contribution is 14.1. The smallest absolute Gasteiger partial charge is 0.234 e. The van der Waals surface area contributed by atoms with Crippen LogP contribution in [0.5, 0.6) is 0 Å². The van der Waals surface area contributed by atoms with E-state index >= 15 is 0 Å². The highest BCUT2D eigenvalue weighted by Crippen LogP contribution is 2.38. The maximum Gasteiger partial charge on any atom is 0.234 e. The fourth-order valence-electron chi connectivity index (χ4n) is 3.31. The molecule has 0 radical (unpaired) electrons. The van der Waals surface area contributed by atoms with Gasteiger partial charge in [0.2, 0.25) is 5.91 Å². The summed E-state index contributed by atoms with van der Waals surface area (Å²) in [7, 11) is 0. The fraction of sp³-hybridized carbons (Fsp3) is 0.316. The average molecular weight is 510 g/mol. The SMILES string of the molecule is Cc1cc(I)ccc1NC(=O)CSc1nc(N)c2c3c(sc2n1)CCCC3. The van der Waals surface area contributed by atoms with Crippen LogP contribution in [0, 0.1) is 10.5 Å². The normalized spacial score (nSPS) is 13.6. The van der Waals surface area contributed by atoms with Crippen molar-refractivity contribution in [2.75, 3.05) is 16.8 Å². The predicted octanol–water partition coefficient (Wildman–Crippen LogP) is 4.80. The Balaban J connectivity index is 1.48. The Bertz CT molecular complexity index is 1030. The average Bonchev–Trinajstić information content (AvgIpc) is 3.01. The van der Waals surface area contributed by atoms with Crippen LogP contribution in [0.3, 0.4) is 0 Å². The van der Waals surface area contributed by atoms with Gasteiger partial charge in [-0.2, -0.15) is 0 Å². The molecule has 1 aliphatic rings. The number of amides is 1. The maximum atomic E-state index is 12.3. The molecule has 2 heterocycles. The van der Waals surface area contributed by atoms with Gasteiger partial charge in [0.1, 0.15) is 10.6 Å². The van der Waals surface area contributed by atoms with E-state index in [4.69, 9.17) is 5.73 Å². The second kappa shape index (κ2) is 7.92. The number of benzene rings is 1. The summed E-state index contributed by atoms with van der Waals surface area (Å²) in [4.78, 5) is 23.8. The lowest BCUT2D eigenvalue weighted by Crippen LogP contribution is -2.15. The minimum atomic E-state index is -0.0722. The van der Waals surface area contributed by atoms with E-state index < -0.39 is 0 Å². The number of fused-ring (bicyclic) bond motifs is 3. The molecule has 0 unspecified atom stereocenters. The number of carbonyl (C=O) groups excluding carboxylic acids is 1. The van der Waals surface area contributed by atoms with Gasteiger partial charge in [0.05, 0.1) is 11.1 Å². The van der Waals surface area contributed by atoms with Crippen molar-refractivity contribution in [1.82, 2.24) is 9.97 Å². The molecule has 1 aliphatic carbocycles. The lowest BCUT2D eigenvalue weighted by atomic mass is 9.97. The van der Waals surface area contributed by atoms with Gasteiger partial charge in [-0.3, -0.25) is 4.79 Å². The van der Waals surface area contributed by atoms with E-state index in [9.17, 15) is 4.79 Å². The number of carbonyl (C=O) groups is 1. The second-order valence-electron chi connectivity index (χ2n) is 6.58. The summed E-state index contributed by atoms with van der Waals surface area (Å²) in [5.74, 6) is 0.717. The van der Waals surface area contributed by atoms with Gasteiger partial charge < -0.3 is 11.1 Å². The Labute approximate surface area is 179 Å². The summed E-state index contributed by atoms with van der Waals surface area (Å²) < 4.78 is 1.15. The summed E-state index contributed by atoms with van der Waals surface area (Å²) in [6, 6.07) is 5.95. The molecule has 0 fully saturated rings. The molecular formula is C19H19IN4OS2. The molecule has 3 aromatic rings. The molecule has 5 nitrogen and oxygen atoms in total. The topological polar surface area (TPSA) is 80.9 Å². The van der Waals surface area contributed by atoms with Gasteiger partial charge in [0.25, 0.3) is 0 Å². The van der Waals surface area contributed by atoms with Crippen LogP contribution in [0.2, 0.25) is 0 Å². The van der Waals surface area contributed by atoms with Crippen LogP contribution < -0.4 is 11.1 Å². The lowest BCUT2D eigenvalue weighted by Gasteiger charge is -2.11. The summed E-state index contributed by atoms with van der Waals surface area (Å²) in [5.41, 5.74) is 9.45. The van der Waals surface area contributed by atoms with Gasteiger partial charge in [-0.1, -0.05) is 11.8 Å². The minimum Gasteiger partial charge on any atom is -0.383 e. The van der Waals surface area contributed by atoms with E-state index in [1.54, 1.807) is 11.3 Å². The molecule has 1 aromatic carbocycles. The third-order valence-electron chi connectivity index (χ3n) is 4.62. The Morgan fingerprint density at radius 1 is 1.33 bits per heavy atom. The number of aryl methyl sites for hydroxylation is 3. The minimum absolute atomic E-state index is 0.0722. The Hall–Kier alpha value is -1.39. The summed E-state index contributed by atoms with van der Waals surface area (Å²) in [5, 5.41) is 4.54. The molecule has 0 aliphatic heterocycles. The molecule has 140 valence electrons. The molecule has 0 saturated carbocycles. The predicted molar refractivity (Wildman–Crippen MR) is 122 cm³/mol. The van der Waals surface area contributed by atoms with Gasteiger partial charge in [-0.05, 0) is 84.5 Å². The van der Waals surface area contributed by atoms with E-state index in [0.29, 0.717) is 11.0 Å². The van der Waals surface area contributed by atoms with Crippen LogP contribution in [-0.2, 0) is 17.6 Å². The molecule has 8 heteroatoms. The number of nitrogens with two attached hydrogens (primary N) is 1. The molecule has 2 aromatic heterocycles. The van der Waals surface area contributed by atoms with E-state index in [-0.39, 0.29) is 11.7 Å². The zero-order valence-electron chi connectivity index (χ0n) is 14.8. The van der Waals surface area contributed by atoms with Crippen molar-refractivity contribution in [2.45, 2.75) is 37.8 Å². The molecule has 27 heavy (non-hydrogen) atoms. The maximum absolute atomic E-state index is 12.3. The molecule has 1 amide bonds. The summed E-state index contributed by atoms with van der Waals surface area (Å²) in [6.07, 6.45) is 4.60. The van der Waals surface area contributed by atoms with Crippen molar-refractivity contribution >= 4 is 73.3 Å². The number of anilines is 2. The number of thiophene rings is 1. The first-order chi connectivity index (χ1) is 13.0. The van der Waals surface area contributed by atoms with Crippen molar-refractivity contribution in [3.63, 3.8) is 0 Å². The van der Waals surface area contributed by atoms with Crippen molar-refractivity contribution in [3.8, 4) is 0 Å². The highest BCUT2D eigenvalue weighted by Gasteiger charge is 2.20. The zero-order valence-corrected chi connectivity index (χ0v) is 18.6. The molecular weight excluding hydrogens is 491 g/mol. The molecule has 4 rings (SSSR count). The van der Waals surface area contributed by atoms with E-state index in [1.807, 2.05) is 25.1 Å². The number of nitrogens with zero attached hydrogens (tertiary/aromatic N) is 2. The largest absolute Gasteiger partial charge is 0.383 e. The number of halogens is 1. The van der Waals surface area contributed by atoms with Crippen LogP contribution in [0.4, 0.5) is 11.5 Å². The molecule has 3 N–H and O–H groups in total. The van der Waals surface area contributed by atoms with Crippen LogP contribution in [0.15, 0.2) is 23.4 Å². The van der Waals surface area contributed by atoms with E-state index in [1.165, 1.54) is 35.0 Å². The number of rotatable bonds is 4. The zero-order chi connectivity index (χ0) is 19.0. The third-order valence-corrected chi connectivity index (χ3v) is 7.32. The quantitative estimate of drug-likeness (QED) is 0.300. The van der Waals surface area contributed by atoms with Gasteiger partial charge in [0, 0.05) is 14.1 Å². The highest BCUT2D eigenvalue weighted by atomic mass is 127. The van der Waals surface area contributed by atoms with E-state index in [0.717, 1.165) is 37.9 Å². The number of thioether (sulfide) groups is 1. The molecule has 0 spiro atoms. The second-order valence-corrected chi connectivity index (χ2v) is 9.85. The molecule has 0 bridgehead atoms. The summed E-state index contributed by atoms with van der Waals surface area (Å²) in [6.45, 7) is 1.99. The van der Waals surface area contributed by atoms with Crippen molar-refractivity contribution < 1.29 is 4.79 Å². The fourth-order valence-corrected chi connectivity index (χ4v) is 5.94.